The van der Waals surface area contributed by atoms with Crippen LogP contribution in [0.2, 0.25) is 0 Å². The number of carbonyl (C=O) groups excluding carboxylic acids is 1. The first-order valence-electron chi connectivity index (χ1n) is 7.27. The Bertz CT molecular complexity index is 273. The molecule has 0 aromatic heterocycles. The van der Waals surface area contributed by atoms with Crippen LogP contribution in [0, 0.1) is 5.92 Å². The molecule has 1 amide bonds. The van der Waals surface area contributed by atoms with Crippen molar-refractivity contribution in [2.45, 2.75) is 51.1 Å². The summed E-state index contributed by atoms with van der Waals surface area (Å²) in [5, 5.41) is 3.36. The van der Waals surface area contributed by atoms with E-state index in [9.17, 15) is 4.79 Å². The smallest absolute Gasteiger partial charge is 0.240 e. The maximum absolute atomic E-state index is 12.6. The maximum atomic E-state index is 12.6. The summed E-state index contributed by atoms with van der Waals surface area (Å²) >= 11 is 0. The minimum absolute atomic E-state index is 0.0387. The Morgan fingerprint density at radius 3 is 2.72 bits per heavy atom. The summed E-state index contributed by atoms with van der Waals surface area (Å²) in [7, 11) is 1.70. The van der Waals surface area contributed by atoms with Crippen LogP contribution in [0.3, 0.4) is 0 Å². The van der Waals surface area contributed by atoms with Crippen molar-refractivity contribution < 1.29 is 9.53 Å². The number of methoxy groups -OCH3 is 1. The molecular weight excluding hydrogens is 228 g/mol. The van der Waals surface area contributed by atoms with Gasteiger partial charge in [0.25, 0.3) is 0 Å². The maximum Gasteiger partial charge on any atom is 0.240 e. The van der Waals surface area contributed by atoms with Crippen LogP contribution in [0.25, 0.3) is 0 Å². The van der Waals surface area contributed by atoms with Crippen LogP contribution in [0.5, 0.6) is 0 Å². The molecule has 1 heterocycles. The van der Waals surface area contributed by atoms with Gasteiger partial charge in [-0.05, 0) is 45.1 Å². The molecule has 2 unspecified atom stereocenters. The fourth-order valence-corrected chi connectivity index (χ4v) is 2.80. The summed E-state index contributed by atoms with van der Waals surface area (Å²) < 4.78 is 5.15. The van der Waals surface area contributed by atoms with Gasteiger partial charge in [-0.15, -0.1) is 0 Å². The van der Waals surface area contributed by atoms with E-state index in [1.165, 1.54) is 25.7 Å². The zero-order valence-corrected chi connectivity index (χ0v) is 11.7. The molecule has 0 spiro atoms. The van der Waals surface area contributed by atoms with Crippen molar-refractivity contribution in [3.8, 4) is 0 Å². The Balaban J connectivity index is 1.94. The quantitative estimate of drug-likeness (QED) is 0.779. The van der Waals surface area contributed by atoms with Crippen LogP contribution in [0.1, 0.15) is 39.0 Å². The molecule has 104 valence electrons. The third kappa shape index (κ3) is 3.45. The summed E-state index contributed by atoms with van der Waals surface area (Å²) in [6.45, 7) is 4.53. The number of rotatable bonds is 6. The molecule has 2 fully saturated rings. The molecule has 4 nitrogen and oxygen atoms in total. The van der Waals surface area contributed by atoms with Crippen molar-refractivity contribution in [2.75, 3.05) is 26.8 Å². The highest BCUT2D eigenvalue weighted by Crippen LogP contribution is 2.35. The van der Waals surface area contributed by atoms with Crippen LogP contribution in [-0.2, 0) is 9.53 Å². The molecule has 0 aromatic carbocycles. The molecule has 1 saturated heterocycles. The number of nitrogens with one attached hydrogen (secondary N) is 1. The number of carbonyl (C=O) groups is 1. The molecule has 2 aliphatic rings. The first-order valence-corrected chi connectivity index (χ1v) is 7.27. The molecule has 1 N–H and O–H groups in total. The van der Waals surface area contributed by atoms with Crippen molar-refractivity contribution in [3.05, 3.63) is 0 Å². The molecule has 18 heavy (non-hydrogen) atoms. The van der Waals surface area contributed by atoms with Gasteiger partial charge in [-0.3, -0.25) is 4.79 Å². The number of hydrogen-bond donors (Lipinski definition) is 1. The van der Waals surface area contributed by atoms with Crippen LogP contribution in [-0.4, -0.2) is 49.7 Å². The van der Waals surface area contributed by atoms with Crippen molar-refractivity contribution in [1.82, 2.24) is 10.2 Å². The summed E-state index contributed by atoms with van der Waals surface area (Å²) in [6, 6.07) is 0.410. The van der Waals surface area contributed by atoms with Crippen LogP contribution >= 0.6 is 0 Å². The summed E-state index contributed by atoms with van der Waals surface area (Å²) in [5.41, 5.74) is 0. The zero-order chi connectivity index (χ0) is 13.0. The lowest BCUT2D eigenvalue weighted by Crippen LogP contribution is -2.52. The van der Waals surface area contributed by atoms with Crippen molar-refractivity contribution in [3.63, 3.8) is 0 Å². The van der Waals surface area contributed by atoms with E-state index in [1.807, 2.05) is 4.90 Å². The van der Waals surface area contributed by atoms with Crippen molar-refractivity contribution in [1.29, 1.82) is 0 Å². The first-order chi connectivity index (χ1) is 8.74. The predicted molar refractivity (Wildman–Crippen MR) is 71.4 cm³/mol. The summed E-state index contributed by atoms with van der Waals surface area (Å²) in [4.78, 5) is 14.6. The van der Waals surface area contributed by atoms with Gasteiger partial charge in [0.15, 0.2) is 0 Å². The second-order valence-corrected chi connectivity index (χ2v) is 5.60. The second-order valence-electron chi connectivity index (χ2n) is 5.60. The van der Waals surface area contributed by atoms with E-state index in [-0.39, 0.29) is 11.9 Å². The van der Waals surface area contributed by atoms with Gasteiger partial charge < -0.3 is 15.0 Å². The SMILES string of the molecule is COCCN(C(=O)C1CCCCN1)C(C)C1CC1. The molecule has 0 bridgehead atoms. The number of amides is 1. The van der Waals surface area contributed by atoms with Crippen LogP contribution in [0.15, 0.2) is 0 Å². The van der Waals surface area contributed by atoms with E-state index < -0.39 is 0 Å². The van der Waals surface area contributed by atoms with Gasteiger partial charge in [-0.25, -0.2) is 0 Å². The van der Waals surface area contributed by atoms with Gasteiger partial charge in [0.05, 0.1) is 12.6 Å². The minimum atomic E-state index is 0.0387. The predicted octanol–water partition coefficient (Wildman–Crippen LogP) is 1.40. The molecule has 2 atom stereocenters. The van der Waals surface area contributed by atoms with Crippen molar-refractivity contribution in [2.24, 2.45) is 5.92 Å². The van der Waals surface area contributed by atoms with E-state index in [0.29, 0.717) is 12.6 Å². The molecule has 1 saturated carbocycles. The zero-order valence-electron chi connectivity index (χ0n) is 11.7. The monoisotopic (exact) mass is 254 g/mol. The Labute approximate surface area is 110 Å². The van der Waals surface area contributed by atoms with Crippen LogP contribution < -0.4 is 5.32 Å². The molecule has 4 heteroatoms. The molecule has 0 radical (unpaired) electrons. The molecule has 2 rings (SSSR count). The molecule has 0 aromatic rings. The van der Waals surface area contributed by atoms with Gasteiger partial charge in [-0.2, -0.15) is 0 Å². The van der Waals surface area contributed by atoms with E-state index in [2.05, 4.69) is 12.2 Å². The van der Waals surface area contributed by atoms with E-state index in [1.54, 1.807) is 7.11 Å². The lowest BCUT2D eigenvalue weighted by atomic mass is 10.0. The Kier molecular flexibility index (Phi) is 5.01. The number of nitrogens with zero attached hydrogens (tertiary/aromatic N) is 1. The van der Waals surface area contributed by atoms with E-state index >= 15 is 0 Å². The van der Waals surface area contributed by atoms with Gasteiger partial charge in [0, 0.05) is 19.7 Å². The normalized spacial score (nSPS) is 25.8. The average molecular weight is 254 g/mol. The van der Waals surface area contributed by atoms with Crippen molar-refractivity contribution >= 4 is 5.91 Å². The first kappa shape index (κ1) is 13.8. The average Bonchev–Trinajstić information content (AvgIpc) is 3.24. The fraction of sp³-hybridized carbons (Fsp3) is 0.929. The molecule has 1 aliphatic heterocycles. The third-order valence-electron chi connectivity index (χ3n) is 4.22. The number of hydrogen-bond acceptors (Lipinski definition) is 3. The fourth-order valence-electron chi connectivity index (χ4n) is 2.80. The van der Waals surface area contributed by atoms with Gasteiger partial charge >= 0.3 is 0 Å². The minimum Gasteiger partial charge on any atom is -0.383 e. The Morgan fingerprint density at radius 2 is 2.17 bits per heavy atom. The van der Waals surface area contributed by atoms with E-state index in [0.717, 1.165) is 25.4 Å². The highest BCUT2D eigenvalue weighted by atomic mass is 16.5. The summed E-state index contributed by atoms with van der Waals surface area (Å²) in [6.07, 6.45) is 5.89. The number of piperidine rings is 1. The Morgan fingerprint density at radius 1 is 1.39 bits per heavy atom. The molecular formula is C14H26N2O2. The number of ether oxygens (including phenoxy) is 1. The topological polar surface area (TPSA) is 41.6 Å². The van der Waals surface area contributed by atoms with E-state index in [4.69, 9.17) is 4.74 Å². The largest absolute Gasteiger partial charge is 0.383 e. The standard InChI is InChI=1S/C14H26N2O2/c1-11(12-6-7-12)16(9-10-18-2)14(17)13-5-3-4-8-15-13/h11-13,15H,3-10H2,1-2H3. The lowest BCUT2D eigenvalue weighted by molar-refractivity contribution is -0.137. The highest BCUT2D eigenvalue weighted by molar-refractivity contribution is 5.82. The van der Waals surface area contributed by atoms with Gasteiger partial charge in [0.1, 0.15) is 0 Å². The molecule has 1 aliphatic carbocycles. The van der Waals surface area contributed by atoms with Gasteiger partial charge in [-0.1, -0.05) is 6.42 Å². The highest BCUT2D eigenvalue weighted by Gasteiger charge is 2.36. The van der Waals surface area contributed by atoms with Crippen LogP contribution in [0.4, 0.5) is 0 Å². The lowest BCUT2D eigenvalue weighted by Gasteiger charge is -2.34. The third-order valence-corrected chi connectivity index (χ3v) is 4.22. The van der Waals surface area contributed by atoms with Gasteiger partial charge in [0.2, 0.25) is 5.91 Å². The Hall–Kier alpha value is -0.610. The second kappa shape index (κ2) is 6.53. The summed E-state index contributed by atoms with van der Waals surface area (Å²) in [5.74, 6) is 1.00.